The molecule has 1 unspecified atom stereocenters. The van der Waals surface area contributed by atoms with Crippen LogP contribution < -0.4 is 10.1 Å². The predicted molar refractivity (Wildman–Crippen MR) is 69.1 cm³/mol. The normalized spacial score (nSPS) is 13.9. The smallest absolute Gasteiger partial charge is 0.257 e. The van der Waals surface area contributed by atoms with Crippen LogP contribution in [0.15, 0.2) is 22.7 Å². The quantitative estimate of drug-likeness (QED) is 0.839. The molecule has 4 nitrogen and oxygen atoms in total. The zero-order valence-corrected chi connectivity index (χ0v) is 11.7. The van der Waals surface area contributed by atoms with Gasteiger partial charge in [0.1, 0.15) is 11.5 Å². The second-order valence-corrected chi connectivity index (χ2v) is 4.84. The highest BCUT2D eigenvalue weighted by Gasteiger charge is 2.22. The number of nitrogens with one attached hydrogen (secondary N) is 1. The summed E-state index contributed by atoms with van der Waals surface area (Å²) in [6.45, 7) is 3.34. The number of amides is 1. The first-order chi connectivity index (χ1) is 7.89. The van der Waals surface area contributed by atoms with E-state index in [1.807, 2.05) is 0 Å². The minimum absolute atomic E-state index is 0.366. The number of carbonyl (C=O) groups is 1. The Hall–Kier alpha value is -1.07. The molecule has 0 saturated heterocycles. The molecule has 94 valence electrons. The molecule has 0 saturated carbocycles. The van der Waals surface area contributed by atoms with E-state index in [1.165, 1.54) is 7.11 Å². The Kier molecular flexibility index (Phi) is 4.54. The first-order valence-electron chi connectivity index (χ1n) is 5.28. The van der Waals surface area contributed by atoms with Gasteiger partial charge in [0, 0.05) is 4.47 Å². The van der Waals surface area contributed by atoms with E-state index in [2.05, 4.69) is 21.2 Å². The molecule has 1 aromatic carbocycles. The fraction of sp³-hybridized carbons (Fsp3) is 0.417. The monoisotopic (exact) mass is 301 g/mol. The van der Waals surface area contributed by atoms with Crippen LogP contribution in [-0.2, 0) is 0 Å². The standard InChI is InChI=1S/C12H16BrNO3/c1-4-12(2,16)14-11(15)9-7-8(13)5-6-10(9)17-3/h5-7,16H,4H2,1-3H3,(H,14,15). The first-order valence-corrected chi connectivity index (χ1v) is 6.07. The summed E-state index contributed by atoms with van der Waals surface area (Å²) in [6.07, 6.45) is 0.426. The summed E-state index contributed by atoms with van der Waals surface area (Å²) < 4.78 is 5.88. The third kappa shape index (κ3) is 3.71. The van der Waals surface area contributed by atoms with Crippen molar-refractivity contribution in [2.45, 2.75) is 26.0 Å². The zero-order chi connectivity index (χ0) is 13.1. The van der Waals surface area contributed by atoms with Crippen LogP contribution in [-0.4, -0.2) is 23.8 Å². The molecule has 0 aliphatic carbocycles. The van der Waals surface area contributed by atoms with Crippen molar-refractivity contribution in [2.75, 3.05) is 7.11 Å². The van der Waals surface area contributed by atoms with E-state index in [4.69, 9.17) is 4.74 Å². The first kappa shape index (κ1) is 14.0. The van der Waals surface area contributed by atoms with Gasteiger partial charge in [-0.2, -0.15) is 0 Å². The molecule has 0 aliphatic heterocycles. The van der Waals surface area contributed by atoms with Crippen LogP contribution in [0.3, 0.4) is 0 Å². The van der Waals surface area contributed by atoms with Crippen molar-refractivity contribution in [3.63, 3.8) is 0 Å². The lowest BCUT2D eigenvalue weighted by Crippen LogP contribution is -2.45. The van der Waals surface area contributed by atoms with Crippen molar-refractivity contribution in [1.29, 1.82) is 0 Å². The molecule has 1 aromatic rings. The molecule has 0 fully saturated rings. The molecule has 17 heavy (non-hydrogen) atoms. The van der Waals surface area contributed by atoms with Crippen LogP contribution in [0.25, 0.3) is 0 Å². The second kappa shape index (κ2) is 5.51. The molecule has 1 amide bonds. The van der Waals surface area contributed by atoms with Gasteiger partial charge in [0.05, 0.1) is 12.7 Å². The molecule has 1 atom stereocenters. The summed E-state index contributed by atoms with van der Waals surface area (Å²) in [7, 11) is 1.50. The summed E-state index contributed by atoms with van der Waals surface area (Å²) in [5.41, 5.74) is -0.833. The molecule has 0 aromatic heterocycles. The van der Waals surface area contributed by atoms with E-state index in [0.29, 0.717) is 17.7 Å². The Morgan fingerprint density at radius 3 is 2.76 bits per heavy atom. The number of rotatable bonds is 4. The molecule has 0 spiro atoms. The number of aliphatic hydroxyl groups is 1. The van der Waals surface area contributed by atoms with Crippen LogP contribution in [0.1, 0.15) is 30.6 Å². The fourth-order valence-electron chi connectivity index (χ4n) is 1.26. The van der Waals surface area contributed by atoms with Crippen LogP contribution in [0.4, 0.5) is 0 Å². The number of ether oxygens (including phenoxy) is 1. The molecular weight excluding hydrogens is 286 g/mol. The van der Waals surface area contributed by atoms with Gasteiger partial charge in [-0.05, 0) is 31.5 Å². The Balaban J connectivity index is 2.99. The van der Waals surface area contributed by atoms with Crippen molar-refractivity contribution < 1.29 is 14.6 Å². The highest BCUT2D eigenvalue weighted by molar-refractivity contribution is 9.10. The molecular formula is C12H16BrNO3. The summed E-state index contributed by atoms with van der Waals surface area (Å²) in [5, 5.41) is 12.3. The van der Waals surface area contributed by atoms with Crippen LogP contribution in [0.5, 0.6) is 5.75 Å². The second-order valence-electron chi connectivity index (χ2n) is 3.93. The third-order valence-electron chi connectivity index (χ3n) is 2.48. The highest BCUT2D eigenvalue weighted by atomic mass is 79.9. The number of halogens is 1. The van der Waals surface area contributed by atoms with Crippen molar-refractivity contribution in [3.8, 4) is 5.75 Å². The Labute approximate surface area is 109 Å². The van der Waals surface area contributed by atoms with E-state index in [0.717, 1.165) is 4.47 Å². The molecule has 0 radical (unpaired) electrons. The number of hydrogen-bond donors (Lipinski definition) is 2. The maximum absolute atomic E-state index is 12.0. The number of methoxy groups -OCH3 is 1. The van der Waals surface area contributed by atoms with Gasteiger partial charge in [-0.25, -0.2) is 0 Å². The summed E-state index contributed by atoms with van der Waals surface area (Å²) in [6, 6.07) is 5.13. The predicted octanol–water partition coefficient (Wildman–Crippen LogP) is 2.31. The lowest BCUT2D eigenvalue weighted by Gasteiger charge is -2.23. The maximum Gasteiger partial charge on any atom is 0.257 e. The van der Waals surface area contributed by atoms with Gasteiger partial charge in [-0.1, -0.05) is 22.9 Å². The Bertz CT molecular complexity index is 418. The van der Waals surface area contributed by atoms with Crippen molar-refractivity contribution in [1.82, 2.24) is 5.32 Å². The van der Waals surface area contributed by atoms with Gasteiger partial charge in [0.15, 0.2) is 0 Å². The van der Waals surface area contributed by atoms with Gasteiger partial charge in [-0.15, -0.1) is 0 Å². The molecule has 0 bridgehead atoms. The maximum atomic E-state index is 12.0. The van der Waals surface area contributed by atoms with Gasteiger partial charge in [-0.3, -0.25) is 4.79 Å². The van der Waals surface area contributed by atoms with E-state index in [-0.39, 0.29) is 5.91 Å². The van der Waals surface area contributed by atoms with Gasteiger partial charge >= 0.3 is 0 Å². The summed E-state index contributed by atoms with van der Waals surface area (Å²) >= 11 is 3.29. The minimum atomic E-state index is -1.22. The zero-order valence-electron chi connectivity index (χ0n) is 10.1. The lowest BCUT2D eigenvalue weighted by atomic mass is 10.1. The SMILES string of the molecule is CCC(C)(O)NC(=O)c1cc(Br)ccc1OC. The molecule has 2 N–H and O–H groups in total. The van der Waals surface area contributed by atoms with Gasteiger partial charge in [0.25, 0.3) is 5.91 Å². The van der Waals surface area contributed by atoms with Gasteiger partial charge in [0.2, 0.25) is 0 Å². The van der Waals surface area contributed by atoms with Crippen molar-refractivity contribution in [2.24, 2.45) is 0 Å². The van der Waals surface area contributed by atoms with E-state index in [9.17, 15) is 9.90 Å². The van der Waals surface area contributed by atoms with Crippen molar-refractivity contribution >= 4 is 21.8 Å². The molecule has 5 heteroatoms. The topological polar surface area (TPSA) is 58.6 Å². The highest BCUT2D eigenvalue weighted by Crippen LogP contribution is 2.23. The minimum Gasteiger partial charge on any atom is -0.496 e. The van der Waals surface area contributed by atoms with Crippen LogP contribution >= 0.6 is 15.9 Å². The number of hydrogen-bond acceptors (Lipinski definition) is 3. The number of benzene rings is 1. The van der Waals surface area contributed by atoms with E-state index < -0.39 is 5.72 Å². The number of carbonyl (C=O) groups excluding carboxylic acids is 1. The summed E-state index contributed by atoms with van der Waals surface area (Å²) in [4.78, 5) is 12.0. The molecule has 0 aliphatic rings. The van der Waals surface area contributed by atoms with E-state index in [1.54, 1.807) is 32.0 Å². The largest absolute Gasteiger partial charge is 0.496 e. The van der Waals surface area contributed by atoms with Crippen LogP contribution in [0.2, 0.25) is 0 Å². The summed E-state index contributed by atoms with van der Waals surface area (Å²) in [5.74, 6) is 0.104. The Morgan fingerprint density at radius 2 is 2.24 bits per heavy atom. The van der Waals surface area contributed by atoms with Crippen molar-refractivity contribution in [3.05, 3.63) is 28.2 Å². The average molecular weight is 302 g/mol. The Morgan fingerprint density at radius 1 is 1.59 bits per heavy atom. The van der Waals surface area contributed by atoms with Gasteiger partial charge < -0.3 is 15.2 Å². The third-order valence-corrected chi connectivity index (χ3v) is 2.97. The lowest BCUT2D eigenvalue weighted by molar-refractivity contribution is 0.0200. The van der Waals surface area contributed by atoms with E-state index >= 15 is 0 Å². The average Bonchev–Trinajstić information content (AvgIpc) is 2.28. The molecule has 1 rings (SSSR count). The fourth-order valence-corrected chi connectivity index (χ4v) is 1.62. The van der Waals surface area contributed by atoms with Crippen LogP contribution in [0, 0.1) is 0 Å². The molecule has 0 heterocycles.